The van der Waals surface area contributed by atoms with E-state index in [1.807, 2.05) is 0 Å². The van der Waals surface area contributed by atoms with Crippen LogP contribution in [0.5, 0.6) is 0 Å². The molecule has 1 aliphatic carbocycles. The molecule has 5 nitrogen and oxygen atoms in total. The topological polar surface area (TPSA) is 66.5 Å². The summed E-state index contributed by atoms with van der Waals surface area (Å²) in [5.41, 5.74) is 0. The van der Waals surface area contributed by atoms with E-state index >= 15 is 0 Å². The van der Waals surface area contributed by atoms with Gasteiger partial charge in [-0.2, -0.15) is 0 Å². The molecule has 2 aliphatic heterocycles. The normalized spacial score (nSPS) is 37.3. The number of hydrogen-bond acceptors (Lipinski definition) is 3. The van der Waals surface area contributed by atoms with Crippen molar-refractivity contribution in [1.29, 1.82) is 0 Å². The van der Waals surface area contributed by atoms with Gasteiger partial charge in [0.25, 0.3) is 0 Å². The lowest BCUT2D eigenvalue weighted by molar-refractivity contribution is -0.144. The van der Waals surface area contributed by atoms with Gasteiger partial charge in [0, 0.05) is 18.9 Å². The average molecular weight is 236 g/mol. The molecule has 2 heterocycles. The van der Waals surface area contributed by atoms with Crippen LogP contribution in [0.25, 0.3) is 0 Å². The van der Waals surface area contributed by atoms with Crippen LogP contribution in [0.15, 0.2) is 0 Å². The number of nitrogens with one attached hydrogen (secondary N) is 1. The number of amides is 3. The Morgan fingerprint density at radius 3 is 2.65 bits per heavy atom. The zero-order valence-electron chi connectivity index (χ0n) is 9.65. The van der Waals surface area contributed by atoms with Crippen molar-refractivity contribution in [2.45, 2.75) is 38.1 Å². The molecular weight excluding hydrogens is 220 g/mol. The number of carbonyl (C=O) groups is 3. The van der Waals surface area contributed by atoms with Gasteiger partial charge >= 0.3 is 0 Å². The van der Waals surface area contributed by atoms with Crippen molar-refractivity contribution < 1.29 is 14.4 Å². The lowest BCUT2D eigenvalue weighted by atomic mass is 10.0. The summed E-state index contributed by atoms with van der Waals surface area (Å²) in [5, 5.41) is 2.32. The van der Waals surface area contributed by atoms with E-state index in [0.29, 0.717) is 25.3 Å². The molecule has 0 radical (unpaired) electrons. The van der Waals surface area contributed by atoms with Crippen molar-refractivity contribution >= 4 is 17.7 Å². The molecule has 0 aromatic rings. The molecule has 1 N–H and O–H groups in total. The summed E-state index contributed by atoms with van der Waals surface area (Å²) in [6, 6.07) is -0.411. The molecule has 92 valence electrons. The third kappa shape index (κ3) is 1.64. The summed E-state index contributed by atoms with van der Waals surface area (Å²) in [6.45, 7) is 0.704. The van der Waals surface area contributed by atoms with Crippen LogP contribution < -0.4 is 5.32 Å². The number of imide groups is 1. The molecule has 0 spiro atoms. The Hall–Kier alpha value is -1.39. The molecule has 3 aliphatic rings. The highest BCUT2D eigenvalue weighted by Crippen LogP contribution is 2.40. The van der Waals surface area contributed by atoms with Gasteiger partial charge < -0.3 is 4.90 Å². The fourth-order valence-electron chi connectivity index (χ4n) is 3.40. The van der Waals surface area contributed by atoms with E-state index < -0.39 is 6.04 Å². The van der Waals surface area contributed by atoms with E-state index in [1.54, 1.807) is 4.90 Å². The second-order valence-corrected chi connectivity index (χ2v) is 5.25. The van der Waals surface area contributed by atoms with Gasteiger partial charge in [0.1, 0.15) is 6.04 Å². The van der Waals surface area contributed by atoms with Crippen molar-refractivity contribution in [3.63, 3.8) is 0 Å². The van der Waals surface area contributed by atoms with Crippen molar-refractivity contribution in [3.05, 3.63) is 0 Å². The Balaban J connectivity index is 1.75. The molecule has 3 atom stereocenters. The summed E-state index contributed by atoms with van der Waals surface area (Å²) in [7, 11) is 0. The fourth-order valence-corrected chi connectivity index (χ4v) is 3.40. The Labute approximate surface area is 99.5 Å². The Morgan fingerprint density at radius 2 is 1.94 bits per heavy atom. The van der Waals surface area contributed by atoms with Gasteiger partial charge in [0.2, 0.25) is 17.7 Å². The van der Waals surface area contributed by atoms with Crippen LogP contribution in [0.3, 0.4) is 0 Å². The second kappa shape index (κ2) is 3.82. The SMILES string of the molecule is O=C1CCC(N2CC3CCCC3C2=O)C(=O)N1. The van der Waals surface area contributed by atoms with Gasteiger partial charge in [-0.05, 0) is 25.2 Å². The smallest absolute Gasteiger partial charge is 0.249 e. The summed E-state index contributed by atoms with van der Waals surface area (Å²) in [4.78, 5) is 36.7. The molecule has 1 saturated carbocycles. The molecule has 5 heteroatoms. The van der Waals surface area contributed by atoms with E-state index in [2.05, 4.69) is 5.32 Å². The second-order valence-electron chi connectivity index (χ2n) is 5.25. The predicted molar refractivity (Wildman–Crippen MR) is 58.7 cm³/mol. The molecule has 17 heavy (non-hydrogen) atoms. The van der Waals surface area contributed by atoms with Gasteiger partial charge in [0.05, 0.1) is 0 Å². The van der Waals surface area contributed by atoms with Crippen LogP contribution in [0.1, 0.15) is 32.1 Å². The maximum absolute atomic E-state index is 12.2. The minimum atomic E-state index is -0.411. The highest BCUT2D eigenvalue weighted by molar-refractivity contribution is 6.02. The monoisotopic (exact) mass is 236 g/mol. The standard InChI is InChI=1S/C12H16N2O3/c15-10-5-4-9(11(16)13-10)14-6-7-2-1-3-8(7)12(14)17/h7-9H,1-6H2,(H,13,15,16). The first-order chi connectivity index (χ1) is 8.16. The van der Waals surface area contributed by atoms with Crippen molar-refractivity contribution in [2.24, 2.45) is 11.8 Å². The highest BCUT2D eigenvalue weighted by Gasteiger charge is 2.47. The predicted octanol–water partition coefficient (Wildman–Crippen LogP) is 0.0501. The van der Waals surface area contributed by atoms with Gasteiger partial charge in [0.15, 0.2) is 0 Å². The third-order valence-electron chi connectivity index (χ3n) is 4.28. The van der Waals surface area contributed by atoms with Gasteiger partial charge in [-0.25, -0.2) is 0 Å². The van der Waals surface area contributed by atoms with E-state index in [1.165, 1.54) is 0 Å². The van der Waals surface area contributed by atoms with Crippen molar-refractivity contribution in [1.82, 2.24) is 10.2 Å². The van der Waals surface area contributed by atoms with Gasteiger partial charge in [-0.3, -0.25) is 19.7 Å². The third-order valence-corrected chi connectivity index (χ3v) is 4.28. The zero-order valence-corrected chi connectivity index (χ0v) is 9.65. The number of nitrogens with zero attached hydrogens (tertiary/aromatic N) is 1. The van der Waals surface area contributed by atoms with Crippen LogP contribution in [0.4, 0.5) is 0 Å². The quantitative estimate of drug-likeness (QED) is 0.654. The number of rotatable bonds is 1. The zero-order chi connectivity index (χ0) is 12.0. The van der Waals surface area contributed by atoms with E-state index in [-0.39, 0.29) is 23.6 Å². The fraction of sp³-hybridized carbons (Fsp3) is 0.750. The van der Waals surface area contributed by atoms with Crippen LogP contribution in [0.2, 0.25) is 0 Å². The van der Waals surface area contributed by atoms with Crippen LogP contribution in [-0.4, -0.2) is 35.2 Å². The molecule has 0 aromatic carbocycles. The highest BCUT2D eigenvalue weighted by atomic mass is 16.2. The van der Waals surface area contributed by atoms with Crippen LogP contribution in [0, 0.1) is 11.8 Å². The molecule has 3 unspecified atom stereocenters. The number of hydrogen-bond donors (Lipinski definition) is 1. The number of fused-ring (bicyclic) bond motifs is 1. The van der Waals surface area contributed by atoms with Crippen molar-refractivity contribution in [2.75, 3.05) is 6.54 Å². The Morgan fingerprint density at radius 1 is 1.12 bits per heavy atom. The molecular formula is C12H16N2O3. The lowest BCUT2D eigenvalue weighted by Crippen LogP contribution is -2.53. The van der Waals surface area contributed by atoms with Crippen molar-refractivity contribution in [3.8, 4) is 0 Å². The first kappa shape index (κ1) is 10.7. The summed E-state index contributed by atoms with van der Waals surface area (Å²) >= 11 is 0. The first-order valence-corrected chi connectivity index (χ1v) is 6.31. The van der Waals surface area contributed by atoms with E-state index in [0.717, 1.165) is 19.3 Å². The number of carbonyl (C=O) groups excluding carboxylic acids is 3. The van der Waals surface area contributed by atoms with Gasteiger partial charge in [-0.1, -0.05) is 6.42 Å². The minimum absolute atomic E-state index is 0.127. The molecule has 3 fully saturated rings. The molecule has 3 rings (SSSR count). The molecule has 2 saturated heterocycles. The maximum Gasteiger partial charge on any atom is 0.249 e. The maximum atomic E-state index is 12.2. The molecule has 3 amide bonds. The minimum Gasteiger partial charge on any atom is -0.330 e. The summed E-state index contributed by atoms with van der Waals surface area (Å²) in [6.07, 6.45) is 4.02. The number of piperidine rings is 1. The molecule has 0 bridgehead atoms. The van der Waals surface area contributed by atoms with Gasteiger partial charge in [-0.15, -0.1) is 0 Å². The van der Waals surface area contributed by atoms with E-state index in [9.17, 15) is 14.4 Å². The lowest BCUT2D eigenvalue weighted by Gasteiger charge is -2.30. The first-order valence-electron chi connectivity index (χ1n) is 6.31. The van der Waals surface area contributed by atoms with E-state index in [4.69, 9.17) is 0 Å². The molecule has 0 aromatic heterocycles. The Kier molecular flexibility index (Phi) is 2.42. The summed E-state index contributed by atoms with van der Waals surface area (Å²) in [5.74, 6) is 0.183. The largest absolute Gasteiger partial charge is 0.330 e. The van der Waals surface area contributed by atoms with Crippen LogP contribution >= 0.6 is 0 Å². The number of likely N-dealkylation sites (tertiary alicyclic amines) is 1. The summed E-state index contributed by atoms with van der Waals surface area (Å²) < 4.78 is 0. The Bertz CT molecular complexity index is 393. The average Bonchev–Trinajstić information content (AvgIpc) is 2.83. The van der Waals surface area contributed by atoms with Crippen LogP contribution in [-0.2, 0) is 14.4 Å².